The summed E-state index contributed by atoms with van der Waals surface area (Å²) in [5.74, 6) is 1.41. The Morgan fingerprint density at radius 1 is 1.40 bits per heavy atom. The molecule has 0 aliphatic carbocycles. The zero-order chi connectivity index (χ0) is 14.7. The van der Waals surface area contributed by atoms with Crippen LogP contribution in [0.2, 0.25) is 0 Å². The fourth-order valence-electron chi connectivity index (χ4n) is 2.30. The van der Waals surface area contributed by atoms with Gasteiger partial charge in [0.2, 0.25) is 0 Å². The number of nitrogens with zero attached hydrogens (tertiary/aromatic N) is 2. The summed E-state index contributed by atoms with van der Waals surface area (Å²) in [5.41, 5.74) is 1.93. The lowest BCUT2D eigenvalue weighted by molar-refractivity contribution is 0.419. The van der Waals surface area contributed by atoms with Gasteiger partial charge in [0.05, 0.1) is 7.11 Å². The average Bonchev–Trinajstić information content (AvgIpc) is 2.44. The van der Waals surface area contributed by atoms with E-state index in [0.29, 0.717) is 5.75 Å². The van der Waals surface area contributed by atoms with Crippen LogP contribution in [0, 0.1) is 0 Å². The molecule has 0 fully saturated rings. The lowest BCUT2D eigenvalue weighted by Gasteiger charge is -2.27. The first-order valence-corrected chi connectivity index (χ1v) is 8.22. The first-order valence-electron chi connectivity index (χ1n) is 6.49. The maximum Gasteiger partial charge on any atom is 0.145 e. The van der Waals surface area contributed by atoms with Gasteiger partial charge in [-0.15, -0.1) is 0 Å². The summed E-state index contributed by atoms with van der Waals surface area (Å²) < 4.78 is 16.8. The molecular weight excluding hydrogens is 272 g/mol. The summed E-state index contributed by atoms with van der Waals surface area (Å²) in [5, 5.41) is 1.04. The maximum absolute atomic E-state index is 11.4. The van der Waals surface area contributed by atoms with E-state index in [9.17, 15) is 4.21 Å². The number of rotatable bonds is 5. The first-order chi connectivity index (χ1) is 9.54. The topological polar surface area (TPSA) is 42.4 Å². The normalized spacial score (nSPS) is 14.0. The summed E-state index contributed by atoms with van der Waals surface area (Å²) in [6.45, 7) is 2.08. The van der Waals surface area contributed by atoms with Crippen LogP contribution in [-0.4, -0.2) is 41.4 Å². The molecule has 4 nitrogen and oxygen atoms in total. The van der Waals surface area contributed by atoms with Crippen LogP contribution >= 0.6 is 0 Å². The molecule has 1 aromatic carbocycles. The van der Waals surface area contributed by atoms with Crippen molar-refractivity contribution in [1.29, 1.82) is 0 Å². The predicted octanol–water partition coefficient (Wildman–Crippen LogP) is 2.45. The molecule has 1 aromatic heterocycles. The van der Waals surface area contributed by atoms with Crippen LogP contribution in [0.15, 0.2) is 30.5 Å². The second kappa shape index (κ2) is 6.22. The first kappa shape index (κ1) is 14.8. The Kier molecular flexibility index (Phi) is 4.60. The standard InChI is InChI=1S/C15H20N2O2S/c1-11(10-20(4)18)17(2)13-8-9-16-15-12(13)6-5-7-14(15)19-3/h5-9,11H,10H2,1-4H3. The van der Waals surface area contributed by atoms with Gasteiger partial charge in [-0.25, -0.2) is 0 Å². The Labute approximate surface area is 122 Å². The van der Waals surface area contributed by atoms with E-state index in [1.165, 1.54) is 0 Å². The summed E-state index contributed by atoms with van der Waals surface area (Å²) >= 11 is 0. The number of anilines is 1. The molecule has 0 aliphatic rings. The summed E-state index contributed by atoms with van der Waals surface area (Å²) in [6, 6.07) is 8.08. The number of para-hydroxylation sites is 1. The van der Waals surface area contributed by atoms with Crippen molar-refractivity contribution in [1.82, 2.24) is 4.98 Å². The fraction of sp³-hybridized carbons (Fsp3) is 0.400. The zero-order valence-electron chi connectivity index (χ0n) is 12.3. The van der Waals surface area contributed by atoms with E-state index in [2.05, 4.69) is 16.8 Å². The highest BCUT2D eigenvalue weighted by Gasteiger charge is 2.15. The molecule has 2 atom stereocenters. The second-order valence-corrected chi connectivity index (χ2v) is 6.37. The van der Waals surface area contributed by atoms with E-state index in [1.54, 1.807) is 19.6 Å². The third kappa shape index (κ3) is 2.93. The van der Waals surface area contributed by atoms with Crippen molar-refractivity contribution in [2.45, 2.75) is 13.0 Å². The van der Waals surface area contributed by atoms with Crippen LogP contribution in [0.25, 0.3) is 10.9 Å². The molecule has 20 heavy (non-hydrogen) atoms. The SMILES string of the molecule is COc1cccc2c(N(C)C(C)CS(C)=O)ccnc12. The van der Waals surface area contributed by atoms with Crippen LogP contribution < -0.4 is 9.64 Å². The third-order valence-corrected chi connectivity index (χ3v) is 4.40. The largest absolute Gasteiger partial charge is 0.494 e. The number of benzene rings is 1. The molecule has 0 amide bonds. The van der Waals surface area contributed by atoms with Crippen molar-refractivity contribution >= 4 is 27.4 Å². The van der Waals surface area contributed by atoms with Crippen molar-refractivity contribution < 1.29 is 8.95 Å². The van der Waals surface area contributed by atoms with Gasteiger partial charge in [0.25, 0.3) is 0 Å². The highest BCUT2D eigenvalue weighted by molar-refractivity contribution is 7.84. The minimum Gasteiger partial charge on any atom is -0.494 e. The summed E-state index contributed by atoms with van der Waals surface area (Å²) in [4.78, 5) is 6.55. The number of pyridine rings is 1. The number of ether oxygens (including phenoxy) is 1. The van der Waals surface area contributed by atoms with Gasteiger partial charge >= 0.3 is 0 Å². The van der Waals surface area contributed by atoms with Crippen LogP contribution in [0.4, 0.5) is 5.69 Å². The van der Waals surface area contributed by atoms with Crippen LogP contribution in [0.3, 0.4) is 0 Å². The smallest absolute Gasteiger partial charge is 0.145 e. The molecule has 0 radical (unpaired) electrons. The Morgan fingerprint density at radius 3 is 2.80 bits per heavy atom. The summed E-state index contributed by atoms with van der Waals surface area (Å²) in [7, 11) is 2.86. The van der Waals surface area contributed by atoms with E-state index in [4.69, 9.17) is 4.74 Å². The Bertz CT molecular complexity index is 630. The lowest BCUT2D eigenvalue weighted by Crippen LogP contribution is -2.33. The third-order valence-electron chi connectivity index (χ3n) is 3.45. The summed E-state index contributed by atoms with van der Waals surface area (Å²) in [6.07, 6.45) is 3.52. The molecule has 2 rings (SSSR count). The van der Waals surface area contributed by atoms with Gasteiger partial charge in [0.15, 0.2) is 0 Å². The van der Waals surface area contributed by atoms with E-state index in [-0.39, 0.29) is 6.04 Å². The van der Waals surface area contributed by atoms with E-state index >= 15 is 0 Å². The monoisotopic (exact) mass is 292 g/mol. The molecular formula is C15H20N2O2S. The van der Waals surface area contributed by atoms with Gasteiger partial charge in [-0.2, -0.15) is 0 Å². The molecule has 0 saturated heterocycles. The molecule has 0 spiro atoms. The number of fused-ring (bicyclic) bond motifs is 1. The minimum absolute atomic E-state index is 0.192. The molecule has 0 saturated carbocycles. The van der Waals surface area contributed by atoms with Crippen LogP contribution in [0.5, 0.6) is 5.75 Å². The predicted molar refractivity (Wildman–Crippen MR) is 85.1 cm³/mol. The highest BCUT2D eigenvalue weighted by Crippen LogP contribution is 2.31. The average molecular weight is 292 g/mol. The molecule has 1 heterocycles. The van der Waals surface area contributed by atoms with Crippen molar-refractivity contribution in [3.05, 3.63) is 30.5 Å². The molecule has 0 bridgehead atoms. The van der Waals surface area contributed by atoms with Gasteiger partial charge in [-0.3, -0.25) is 9.19 Å². The maximum atomic E-state index is 11.4. The minimum atomic E-state index is -0.812. The van der Waals surface area contributed by atoms with Crippen LogP contribution in [0.1, 0.15) is 6.92 Å². The quantitative estimate of drug-likeness (QED) is 0.849. The fourth-order valence-corrected chi connectivity index (χ4v) is 3.20. The zero-order valence-corrected chi connectivity index (χ0v) is 13.1. The molecule has 5 heteroatoms. The Morgan fingerprint density at radius 2 is 2.15 bits per heavy atom. The Hall–Kier alpha value is -1.62. The van der Waals surface area contributed by atoms with Crippen molar-refractivity contribution in [2.24, 2.45) is 0 Å². The molecule has 0 aliphatic heterocycles. The second-order valence-electron chi connectivity index (χ2n) is 4.89. The molecule has 2 unspecified atom stereocenters. The van der Waals surface area contributed by atoms with E-state index in [1.807, 2.05) is 31.3 Å². The highest BCUT2D eigenvalue weighted by atomic mass is 32.2. The lowest BCUT2D eigenvalue weighted by atomic mass is 10.1. The van der Waals surface area contributed by atoms with Gasteiger partial charge < -0.3 is 9.64 Å². The van der Waals surface area contributed by atoms with E-state index in [0.717, 1.165) is 22.3 Å². The van der Waals surface area contributed by atoms with Gasteiger partial charge in [-0.1, -0.05) is 12.1 Å². The number of hydrogen-bond donors (Lipinski definition) is 0. The molecule has 2 aromatic rings. The van der Waals surface area contributed by atoms with Gasteiger partial charge in [0, 0.05) is 53.2 Å². The molecule has 108 valence electrons. The Balaban J connectivity index is 2.46. The van der Waals surface area contributed by atoms with Crippen molar-refractivity contribution in [3.8, 4) is 5.75 Å². The van der Waals surface area contributed by atoms with Gasteiger partial charge in [-0.05, 0) is 19.1 Å². The number of aromatic nitrogens is 1. The number of methoxy groups -OCH3 is 1. The van der Waals surface area contributed by atoms with Crippen molar-refractivity contribution in [2.75, 3.05) is 31.1 Å². The van der Waals surface area contributed by atoms with Gasteiger partial charge in [0.1, 0.15) is 11.3 Å². The van der Waals surface area contributed by atoms with Crippen LogP contribution in [-0.2, 0) is 10.8 Å². The van der Waals surface area contributed by atoms with Crippen molar-refractivity contribution in [3.63, 3.8) is 0 Å². The van der Waals surface area contributed by atoms with E-state index < -0.39 is 10.8 Å². The number of hydrogen-bond acceptors (Lipinski definition) is 4. The molecule has 0 N–H and O–H groups in total.